The first-order chi connectivity index (χ1) is 11.9. The fourth-order valence-electron chi connectivity index (χ4n) is 1.93. The van der Waals surface area contributed by atoms with Gasteiger partial charge in [0.2, 0.25) is 0 Å². The van der Waals surface area contributed by atoms with Crippen LogP contribution in [0.15, 0.2) is 42.5 Å². The van der Waals surface area contributed by atoms with Gasteiger partial charge in [0, 0.05) is 6.07 Å². The molecule has 0 bridgehead atoms. The molecule has 0 radical (unpaired) electrons. The molecule has 0 fully saturated rings. The summed E-state index contributed by atoms with van der Waals surface area (Å²) >= 11 is 0. The molecule has 0 aliphatic carbocycles. The van der Waals surface area contributed by atoms with E-state index in [2.05, 4.69) is 14.8 Å². The lowest BCUT2D eigenvalue weighted by Crippen LogP contribution is -2.22. The highest BCUT2D eigenvalue weighted by Crippen LogP contribution is 2.16. The number of anilines is 1. The van der Waals surface area contributed by atoms with Gasteiger partial charge < -0.3 is 14.8 Å². The van der Waals surface area contributed by atoms with Crippen molar-refractivity contribution in [1.29, 1.82) is 0 Å². The van der Waals surface area contributed by atoms with Crippen LogP contribution in [0.3, 0.4) is 0 Å². The fraction of sp³-hybridized carbons (Fsp3) is 0.118. The number of rotatable bonds is 5. The van der Waals surface area contributed by atoms with Crippen LogP contribution in [-0.4, -0.2) is 31.6 Å². The van der Waals surface area contributed by atoms with Crippen molar-refractivity contribution in [2.24, 2.45) is 0 Å². The molecule has 0 atom stereocenters. The number of amides is 1. The van der Waals surface area contributed by atoms with Crippen molar-refractivity contribution >= 4 is 23.5 Å². The number of ether oxygens (including phenoxy) is 2. The van der Waals surface area contributed by atoms with E-state index in [1.807, 2.05) is 0 Å². The summed E-state index contributed by atoms with van der Waals surface area (Å²) in [7, 11) is 1.19. The minimum atomic E-state index is -1.12. The smallest absolute Gasteiger partial charge is 0.341 e. The Kier molecular flexibility index (Phi) is 5.78. The number of carbonyl (C=O) groups excluding carboxylic acids is 3. The number of para-hydroxylation sites is 1. The zero-order valence-corrected chi connectivity index (χ0v) is 13.0. The summed E-state index contributed by atoms with van der Waals surface area (Å²) in [5.41, 5.74) is -0.207. The average Bonchev–Trinajstić information content (AvgIpc) is 2.59. The van der Waals surface area contributed by atoms with Crippen molar-refractivity contribution < 1.29 is 32.6 Å². The molecule has 130 valence electrons. The number of benzene rings is 2. The summed E-state index contributed by atoms with van der Waals surface area (Å²) < 4.78 is 35.5. The molecule has 2 rings (SSSR count). The lowest BCUT2D eigenvalue weighted by atomic mass is 10.2. The van der Waals surface area contributed by atoms with Gasteiger partial charge in [0.25, 0.3) is 5.91 Å². The Hall–Kier alpha value is -3.29. The summed E-state index contributed by atoms with van der Waals surface area (Å²) in [6.07, 6.45) is 0. The van der Waals surface area contributed by atoms with Crippen LogP contribution in [-0.2, 0) is 14.3 Å². The Morgan fingerprint density at radius 3 is 2.40 bits per heavy atom. The quantitative estimate of drug-likeness (QED) is 0.839. The van der Waals surface area contributed by atoms with Crippen LogP contribution < -0.4 is 5.32 Å². The molecular weight excluding hydrogens is 336 g/mol. The highest BCUT2D eigenvalue weighted by atomic mass is 19.1. The maximum Gasteiger partial charge on any atom is 0.341 e. The molecule has 1 N–H and O–H groups in total. The Morgan fingerprint density at radius 1 is 1.00 bits per heavy atom. The average molecular weight is 349 g/mol. The van der Waals surface area contributed by atoms with Crippen LogP contribution in [0.5, 0.6) is 0 Å². The van der Waals surface area contributed by atoms with Crippen molar-refractivity contribution in [1.82, 2.24) is 0 Å². The van der Waals surface area contributed by atoms with Gasteiger partial charge in [-0.05, 0) is 24.3 Å². The van der Waals surface area contributed by atoms with Gasteiger partial charge in [-0.3, -0.25) is 4.79 Å². The zero-order chi connectivity index (χ0) is 18.4. The topological polar surface area (TPSA) is 81.7 Å². The van der Waals surface area contributed by atoms with Crippen molar-refractivity contribution in [3.05, 3.63) is 65.2 Å². The van der Waals surface area contributed by atoms with Crippen LogP contribution in [0.1, 0.15) is 20.7 Å². The van der Waals surface area contributed by atoms with Gasteiger partial charge in [0.1, 0.15) is 11.6 Å². The van der Waals surface area contributed by atoms with Gasteiger partial charge in [-0.15, -0.1) is 0 Å². The van der Waals surface area contributed by atoms with E-state index in [0.717, 1.165) is 12.1 Å². The molecule has 2 aromatic carbocycles. The second-order valence-electron chi connectivity index (χ2n) is 4.79. The van der Waals surface area contributed by atoms with Crippen LogP contribution in [0.25, 0.3) is 0 Å². The molecule has 0 unspecified atom stereocenters. The predicted molar refractivity (Wildman–Crippen MR) is 83.1 cm³/mol. The molecule has 6 nitrogen and oxygen atoms in total. The van der Waals surface area contributed by atoms with E-state index in [0.29, 0.717) is 6.07 Å². The van der Waals surface area contributed by atoms with Crippen LogP contribution in [0, 0.1) is 11.6 Å². The molecular formula is C17H13F2NO5. The van der Waals surface area contributed by atoms with Gasteiger partial charge in [0.15, 0.2) is 6.61 Å². The highest BCUT2D eigenvalue weighted by molar-refractivity contribution is 6.02. The maximum absolute atomic E-state index is 13.5. The molecule has 2 aromatic rings. The molecule has 0 saturated heterocycles. The lowest BCUT2D eigenvalue weighted by molar-refractivity contribution is -0.119. The summed E-state index contributed by atoms with van der Waals surface area (Å²) in [6.45, 7) is -0.717. The van der Waals surface area contributed by atoms with E-state index < -0.39 is 41.7 Å². The van der Waals surface area contributed by atoms with E-state index in [1.165, 1.54) is 19.2 Å². The van der Waals surface area contributed by atoms with Crippen molar-refractivity contribution in [3.8, 4) is 0 Å². The molecule has 0 aromatic heterocycles. The Morgan fingerprint density at radius 2 is 1.72 bits per heavy atom. The molecule has 0 spiro atoms. The minimum Gasteiger partial charge on any atom is -0.465 e. The first-order valence-corrected chi connectivity index (χ1v) is 7.01. The monoisotopic (exact) mass is 349 g/mol. The summed E-state index contributed by atoms with van der Waals surface area (Å²) in [5.74, 6) is -4.45. The van der Waals surface area contributed by atoms with E-state index in [9.17, 15) is 23.2 Å². The van der Waals surface area contributed by atoms with Crippen LogP contribution >= 0.6 is 0 Å². The van der Waals surface area contributed by atoms with E-state index in [-0.39, 0.29) is 11.3 Å². The highest BCUT2D eigenvalue weighted by Gasteiger charge is 2.17. The predicted octanol–water partition coefficient (Wildman–Crippen LogP) is 2.55. The van der Waals surface area contributed by atoms with Crippen molar-refractivity contribution in [3.63, 3.8) is 0 Å². The molecule has 0 saturated carbocycles. The minimum absolute atomic E-state index is 0.120. The lowest BCUT2D eigenvalue weighted by Gasteiger charge is -2.10. The van der Waals surface area contributed by atoms with Gasteiger partial charge in [-0.25, -0.2) is 18.4 Å². The SMILES string of the molecule is COC(=O)c1ccccc1NC(=O)COC(=O)c1ccc(F)cc1F. The summed E-state index contributed by atoms with van der Waals surface area (Å²) in [5, 5.41) is 2.39. The fourth-order valence-corrected chi connectivity index (χ4v) is 1.93. The number of hydrogen-bond donors (Lipinski definition) is 1. The molecule has 1 amide bonds. The third-order valence-corrected chi connectivity index (χ3v) is 3.09. The number of carbonyl (C=O) groups is 3. The number of esters is 2. The molecule has 0 heterocycles. The first-order valence-electron chi connectivity index (χ1n) is 7.01. The van der Waals surface area contributed by atoms with E-state index in [4.69, 9.17) is 0 Å². The number of methoxy groups -OCH3 is 1. The molecule has 25 heavy (non-hydrogen) atoms. The Bertz CT molecular complexity index is 822. The molecule has 0 aliphatic rings. The second-order valence-corrected chi connectivity index (χ2v) is 4.79. The standard InChI is InChI=1S/C17H13F2NO5/c1-24-16(22)12-4-2-3-5-14(12)20-15(21)9-25-17(23)11-7-6-10(18)8-13(11)19/h2-8H,9H2,1H3,(H,20,21). The van der Waals surface area contributed by atoms with Gasteiger partial charge >= 0.3 is 11.9 Å². The van der Waals surface area contributed by atoms with E-state index >= 15 is 0 Å². The van der Waals surface area contributed by atoms with Gasteiger partial charge in [-0.2, -0.15) is 0 Å². The zero-order valence-electron chi connectivity index (χ0n) is 13.0. The first kappa shape index (κ1) is 18.1. The Balaban J connectivity index is 1.99. The second kappa shape index (κ2) is 8.00. The Labute approximate surface area is 141 Å². The molecule has 0 aliphatic heterocycles. The normalized spacial score (nSPS) is 10.0. The number of hydrogen-bond acceptors (Lipinski definition) is 5. The summed E-state index contributed by atoms with van der Waals surface area (Å²) in [6, 6.07) is 8.42. The van der Waals surface area contributed by atoms with Gasteiger partial charge in [0.05, 0.1) is 23.9 Å². The van der Waals surface area contributed by atoms with E-state index in [1.54, 1.807) is 12.1 Å². The third-order valence-electron chi connectivity index (χ3n) is 3.09. The molecule has 8 heteroatoms. The van der Waals surface area contributed by atoms with Crippen LogP contribution in [0.2, 0.25) is 0 Å². The summed E-state index contributed by atoms with van der Waals surface area (Å²) in [4.78, 5) is 35.2. The third kappa shape index (κ3) is 4.60. The number of halogens is 2. The van der Waals surface area contributed by atoms with Gasteiger partial charge in [-0.1, -0.05) is 12.1 Å². The van der Waals surface area contributed by atoms with Crippen molar-refractivity contribution in [2.45, 2.75) is 0 Å². The number of nitrogens with one attached hydrogen (secondary N) is 1. The van der Waals surface area contributed by atoms with Crippen LogP contribution in [0.4, 0.5) is 14.5 Å². The maximum atomic E-state index is 13.5. The largest absolute Gasteiger partial charge is 0.465 e. The van der Waals surface area contributed by atoms with Crippen molar-refractivity contribution in [2.75, 3.05) is 19.0 Å².